The molecule has 1 aliphatic rings. The van der Waals surface area contributed by atoms with Gasteiger partial charge in [0, 0.05) is 0 Å². The molecule has 0 aliphatic heterocycles. The first-order valence-corrected chi connectivity index (χ1v) is 15.4. The molecule has 2 aromatic rings. The minimum Gasteiger partial charge on any atom is -0.494 e. The molecule has 37 heavy (non-hydrogen) atoms. The van der Waals surface area contributed by atoms with Crippen LogP contribution in [-0.4, -0.2) is 13.2 Å². The zero-order valence-corrected chi connectivity index (χ0v) is 23.7. The maximum absolute atomic E-state index is 15.3. The van der Waals surface area contributed by atoms with Crippen molar-refractivity contribution >= 4 is 0 Å². The highest BCUT2D eigenvalue weighted by molar-refractivity contribution is 5.75. The molecule has 0 N–H and O–H groups in total. The van der Waals surface area contributed by atoms with Crippen molar-refractivity contribution in [1.29, 1.82) is 0 Å². The molecule has 0 aromatic heterocycles. The Bertz CT molecular complexity index is 907. The van der Waals surface area contributed by atoms with E-state index in [1.165, 1.54) is 89.0 Å². The molecule has 0 heterocycles. The third-order valence-electron chi connectivity index (χ3n) is 7.74. The van der Waals surface area contributed by atoms with E-state index in [-0.39, 0.29) is 5.82 Å². The predicted molar refractivity (Wildman–Crippen MR) is 155 cm³/mol. The lowest BCUT2D eigenvalue weighted by molar-refractivity contribution is 0.289. The number of unbranched alkanes of at least 4 members (excludes halogenated alkanes) is 14. The summed E-state index contributed by atoms with van der Waals surface area (Å²) in [6.45, 7) is 5.89. The van der Waals surface area contributed by atoms with Crippen molar-refractivity contribution in [1.82, 2.24) is 0 Å². The van der Waals surface area contributed by atoms with E-state index in [0.29, 0.717) is 18.8 Å². The summed E-state index contributed by atoms with van der Waals surface area (Å²) in [6, 6.07) is 10.2. The third kappa shape index (κ3) is 9.98. The number of rotatable bonds is 20. The molecular weight excluding hydrogens is 459 g/mol. The summed E-state index contributed by atoms with van der Waals surface area (Å²) in [5.74, 6) is 1.18. The second kappa shape index (κ2) is 17.5. The van der Waals surface area contributed by atoms with Gasteiger partial charge >= 0.3 is 0 Å². The molecule has 1 aliphatic carbocycles. The summed E-state index contributed by atoms with van der Waals surface area (Å²) in [5.41, 5.74) is 4.20. The maximum atomic E-state index is 15.3. The topological polar surface area (TPSA) is 18.5 Å². The van der Waals surface area contributed by atoms with Crippen molar-refractivity contribution in [3.63, 3.8) is 0 Å². The van der Waals surface area contributed by atoms with Crippen LogP contribution in [0.3, 0.4) is 0 Å². The number of benzene rings is 2. The largest absolute Gasteiger partial charge is 0.494 e. The van der Waals surface area contributed by atoms with Crippen molar-refractivity contribution in [3.05, 3.63) is 47.3 Å². The van der Waals surface area contributed by atoms with Crippen molar-refractivity contribution in [2.24, 2.45) is 0 Å². The van der Waals surface area contributed by atoms with Gasteiger partial charge in [-0.2, -0.15) is 0 Å². The van der Waals surface area contributed by atoms with Gasteiger partial charge in [0.1, 0.15) is 5.75 Å². The van der Waals surface area contributed by atoms with E-state index in [9.17, 15) is 0 Å². The van der Waals surface area contributed by atoms with Crippen LogP contribution in [0.25, 0.3) is 11.1 Å². The lowest BCUT2D eigenvalue weighted by Gasteiger charge is -2.22. The van der Waals surface area contributed by atoms with Gasteiger partial charge in [0.15, 0.2) is 11.6 Å². The average Bonchev–Trinajstić information content (AvgIpc) is 2.92. The Balaban J connectivity index is 1.41. The molecule has 0 unspecified atom stereocenters. The van der Waals surface area contributed by atoms with Gasteiger partial charge in [-0.05, 0) is 66.1 Å². The van der Waals surface area contributed by atoms with Crippen LogP contribution in [0.2, 0.25) is 0 Å². The average molecular weight is 511 g/mol. The van der Waals surface area contributed by atoms with E-state index < -0.39 is 0 Å². The monoisotopic (exact) mass is 510 g/mol. The van der Waals surface area contributed by atoms with Crippen molar-refractivity contribution in [2.75, 3.05) is 13.2 Å². The van der Waals surface area contributed by atoms with Crippen LogP contribution in [0.15, 0.2) is 30.3 Å². The van der Waals surface area contributed by atoms with Crippen LogP contribution in [0, 0.1) is 5.82 Å². The van der Waals surface area contributed by atoms with E-state index in [1.54, 1.807) is 0 Å². The molecular formula is C34H51FO2. The zero-order chi connectivity index (χ0) is 26.1. The molecule has 0 bridgehead atoms. The number of aryl methyl sites for hydroxylation is 1. The SMILES string of the molecule is CCCCCCCCCCOc1ccc2c(c1)CCc1c-2ccc(OCCCCCCCCCC)c1F. The molecule has 0 fully saturated rings. The van der Waals surface area contributed by atoms with Crippen molar-refractivity contribution in [2.45, 2.75) is 129 Å². The molecule has 0 atom stereocenters. The normalized spacial score (nSPS) is 12.3. The number of fused-ring (bicyclic) bond motifs is 3. The smallest absolute Gasteiger partial charge is 0.168 e. The van der Waals surface area contributed by atoms with Gasteiger partial charge in [0.25, 0.3) is 0 Å². The van der Waals surface area contributed by atoms with Crippen LogP contribution < -0.4 is 9.47 Å². The third-order valence-corrected chi connectivity index (χ3v) is 7.74. The predicted octanol–water partition coefficient (Wildman–Crippen LogP) is 10.6. The molecule has 0 amide bonds. The van der Waals surface area contributed by atoms with Gasteiger partial charge in [0.05, 0.1) is 13.2 Å². The highest BCUT2D eigenvalue weighted by Gasteiger charge is 2.22. The van der Waals surface area contributed by atoms with E-state index >= 15 is 4.39 Å². The molecule has 2 aromatic carbocycles. The molecule has 2 nitrogen and oxygen atoms in total. The van der Waals surface area contributed by atoms with Crippen LogP contribution >= 0.6 is 0 Å². The highest BCUT2D eigenvalue weighted by Crippen LogP contribution is 2.39. The van der Waals surface area contributed by atoms with E-state index in [2.05, 4.69) is 26.0 Å². The lowest BCUT2D eigenvalue weighted by atomic mass is 9.85. The minimum absolute atomic E-state index is 0.169. The summed E-state index contributed by atoms with van der Waals surface area (Å²) in [4.78, 5) is 0. The molecule has 0 spiro atoms. The summed E-state index contributed by atoms with van der Waals surface area (Å²) >= 11 is 0. The first-order chi connectivity index (χ1) is 18.2. The van der Waals surface area contributed by atoms with Gasteiger partial charge in [-0.25, -0.2) is 4.39 Å². The maximum Gasteiger partial charge on any atom is 0.168 e. The van der Waals surface area contributed by atoms with E-state index in [1.807, 2.05) is 18.2 Å². The second-order valence-electron chi connectivity index (χ2n) is 10.9. The molecule has 0 saturated carbocycles. The summed E-state index contributed by atoms with van der Waals surface area (Å²) in [5, 5.41) is 0. The van der Waals surface area contributed by atoms with Gasteiger partial charge in [-0.3, -0.25) is 0 Å². The fourth-order valence-corrected chi connectivity index (χ4v) is 5.44. The first kappa shape index (κ1) is 29.5. The Labute approximate surface area is 226 Å². The number of halogens is 1. The fourth-order valence-electron chi connectivity index (χ4n) is 5.44. The Morgan fingerprint density at radius 2 is 1.14 bits per heavy atom. The Morgan fingerprint density at radius 3 is 1.76 bits per heavy atom. The number of hydrogen-bond acceptors (Lipinski definition) is 2. The highest BCUT2D eigenvalue weighted by atomic mass is 19.1. The van der Waals surface area contributed by atoms with Gasteiger partial charge in [-0.1, -0.05) is 116 Å². The van der Waals surface area contributed by atoms with E-state index in [4.69, 9.17) is 9.47 Å². The first-order valence-electron chi connectivity index (χ1n) is 15.4. The Kier molecular flexibility index (Phi) is 13.9. The van der Waals surface area contributed by atoms with Crippen molar-refractivity contribution < 1.29 is 13.9 Å². The van der Waals surface area contributed by atoms with Gasteiger partial charge < -0.3 is 9.47 Å². The number of hydrogen-bond donors (Lipinski definition) is 0. The Hall–Kier alpha value is -2.03. The van der Waals surface area contributed by atoms with E-state index in [0.717, 1.165) is 54.7 Å². The molecule has 3 rings (SSSR count). The van der Waals surface area contributed by atoms with Crippen LogP contribution in [0.1, 0.15) is 128 Å². The summed E-state index contributed by atoms with van der Waals surface area (Å²) < 4.78 is 27.2. The zero-order valence-electron chi connectivity index (χ0n) is 23.7. The van der Waals surface area contributed by atoms with Crippen LogP contribution in [-0.2, 0) is 12.8 Å². The molecule has 0 saturated heterocycles. The minimum atomic E-state index is -0.169. The molecule has 0 radical (unpaired) electrons. The molecule has 3 heteroatoms. The lowest BCUT2D eigenvalue weighted by Crippen LogP contribution is -2.09. The van der Waals surface area contributed by atoms with Gasteiger partial charge in [0.2, 0.25) is 0 Å². The van der Waals surface area contributed by atoms with Crippen molar-refractivity contribution in [3.8, 4) is 22.6 Å². The van der Waals surface area contributed by atoms with Crippen LogP contribution in [0.5, 0.6) is 11.5 Å². The summed E-state index contributed by atoms with van der Waals surface area (Å²) in [6.07, 6.45) is 22.0. The van der Waals surface area contributed by atoms with Gasteiger partial charge in [-0.15, -0.1) is 0 Å². The van der Waals surface area contributed by atoms with Crippen LogP contribution in [0.4, 0.5) is 4.39 Å². The second-order valence-corrected chi connectivity index (χ2v) is 10.9. The number of ether oxygens (including phenoxy) is 2. The molecule has 206 valence electrons. The summed E-state index contributed by atoms with van der Waals surface area (Å²) in [7, 11) is 0. The quantitative estimate of drug-likeness (QED) is 0.165. The standard InChI is InChI=1S/C34H51FO2/c1-3-5-7-9-11-13-15-17-25-36-29-20-22-30-28(27-29)19-21-32-31(30)23-24-33(34(32)35)37-26-18-16-14-12-10-8-6-4-2/h20,22-24,27H,3-19,21,25-26H2,1-2H3. The Morgan fingerprint density at radius 1 is 0.595 bits per heavy atom. The fraction of sp³-hybridized carbons (Fsp3) is 0.647.